The predicted molar refractivity (Wildman–Crippen MR) is 67.6 cm³/mol. The number of hydrogen-bond donors (Lipinski definition) is 1. The molecule has 1 aromatic carbocycles. The van der Waals surface area contributed by atoms with E-state index in [-0.39, 0.29) is 5.91 Å². The quantitative estimate of drug-likeness (QED) is 0.833. The molecule has 82 valence electrons. The fourth-order valence-electron chi connectivity index (χ4n) is 1.28. The molecule has 0 aromatic heterocycles. The number of alkyl halides is 1. The van der Waals surface area contributed by atoms with Gasteiger partial charge in [-0.1, -0.05) is 41.9 Å². The number of anilines is 1. The Bertz CT molecular complexity index is 336. The van der Waals surface area contributed by atoms with Crippen LogP contribution in [-0.4, -0.2) is 11.2 Å². The van der Waals surface area contributed by atoms with Crippen LogP contribution in [0.3, 0.4) is 0 Å². The van der Waals surface area contributed by atoms with Gasteiger partial charge in [0.15, 0.2) is 0 Å². The van der Waals surface area contributed by atoms with Crippen LogP contribution in [0.1, 0.15) is 31.7 Å². The van der Waals surface area contributed by atoms with E-state index in [0.29, 0.717) is 17.7 Å². The molecular weight excluding hydrogens is 254 g/mol. The number of nitrogens with one attached hydrogen (secondary N) is 1. The highest BCUT2D eigenvalue weighted by Crippen LogP contribution is 2.18. The van der Waals surface area contributed by atoms with Crippen molar-refractivity contribution in [1.29, 1.82) is 0 Å². The fraction of sp³-hybridized carbons (Fsp3) is 0.417. The Balaban J connectivity index is 2.69. The molecule has 0 saturated carbocycles. The third kappa shape index (κ3) is 4.04. The van der Waals surface area contributed by atoms with Crippen molar-refractivity contribution in [1.82, 2.24) is 0 Å². The van der Waals surface area contributed by atoms with Crippen LogP contribution in [0.15, 0.2) is 24.3 Å². The molecule has 0 bridgehead atoms. The summed E-state index contributed by atoms with van der Waals surface area (Å²) in [7, 11) is 0. The number of hydrogen-bond acceptors (Lipinski definition) is 1. The molecule has 0 heterocycles. The van der Waals surface area contributed by atoms with E-state index in [0.717, 1.165) is 5.69 Å². The van der Waals surface area contributed by atoms with Crippen molar-refractivity contribution in [3.8, 4) is 0 Å². The van der Waals surface area contributed by atoms with Crippen LogP contribution in [0.25, 0.3) is 0 Å². The Morgan fingerprint density at radius 2 is 2.20 bits per heavy atom. The molecule has 1 amide bonds. The maximum atomic E-state index is 11.4. The second-order valence-corrected chi connectivity index (χ2v) is 4.56. The van der Waals surface area contributed by atoms with Gasteiger partial charge >= 0.3 is 0 Å². The first kappa shape index (κ1) is 12.2. The van der Waals surface area contributed by atoms with Gasteiger partial charge in [0.05, 0.1) is 0 Å². The Kier molecular flexibility index (Phi) is 4.82. The highest BCUT2D eigenvalue weighted by atomic mass is 79.9. The molecule has 3 heteroatoms. The summed E-state index contributed by atoms with van der Waals surface area (Å²) in [6.45, 7) is 4.28. The van der Waals surface area contributed by atoms with E-state index >= 15 is 0 Å². The largest absolute Gasteiger partial charge is 0.326 e. The third-order valence-electron chi connectivity index (χ3n) is 2.16. The lowest BCUT2D eigenvalue weighted by Crippen LogP contribution is -2.11. The lowest BCUT2D eigenvalue weighted by molar-refractivity contribution is -0.115. The Morgan fingerprint density at radius 3 is 2.80 bits per heavy atom. The number of halogens is 1. The molecule has 0 aliphatic heterocycles. The van der Waals surface area contributed by atoms with Crippen LogP contribution in [0, 0.1) is 0 Å². The zero-order valence-electron chi connectivity index (χ0n) is 9.09. The number of carbonyl (C=O) groups excluding carboxylic acids is 1. The predicted octanol–water partition coefficient (Wildman–Crippen LogP) is 3.53. The second-order valence-electron chi connectivity index (χ2n) is 3.77. The molecule has 0 radical (unpaired) electrons. The van der Waals surface area contributed by atoms with Gasteiger partial charge in [0.25, 0.3) is 0 Å². The molecule has 1 rings (SSSR count). The summed E-state index contributed by atoms with van der Waals surface area (Å²) in [5.41, 5.74) is 2.12. The zero-order chi connectivity index (χ0) is 11.3. The smallest absolute Gasteiger partial charge is 0.225 e. The SMILES string of the molecule is CC(C)c1cccc(NC(=O)CCBr)c1. The van der Waals surface area contributed by atoms with Crippen LogP contribution in [0.4, 0.5) is 5.69 Å². The molecule has 0 atom stereocenters. The number of benzene rings is 1. The van der Waals surface area contributed by atoms with Crippen LogP contribution in [-0.2, 0) is 4.79 Å². The van der Waals surface area contributed by atoms with Crippen LogP contribution >= 0.6 is 15.9 Å². The molecule has 1 aromatic rings. The van der Waals surface area contributed by atoms with E-state index in [9.17, 15) is 4.79 Å². The highest BCUT2D eigenvalue weighted by molar-refractivity contribution is 9.09. The minimum atomic E-state index is 0.0489. The molecule has 2 nitrogen and oxygen atoms in total. The summed E-state index contributed by atoms with van der Waals surface area (Å²) in [6, 6.07) is 7.98. The Labute approximate surface area is 99.2 Å². The monoisotopic (exact) mass is 269 g/mol. The third-order valence-corrected chi connectivity index (χ3v) is 2.56. The molecule has 0 aliphatic rings. The molecule has 1 N–H and O–H groups in total. The van der Waals surface area contributed by atoms with Crippen molar-refractivity contribution >= 4 is 27.5 Å². The van der Waals surface area contributed by atoms with Gasteiger partial charge in [-0.2, -0.15) is 0 Å². The van der Waals surface area contributed by atoms with Gasteiger partial charge < -0.3 is 5.32 Å². The standard InChI is InChI=1S/C12H16BrNO/c1-9(2)10-4-3-5-11(8-10)14-12(15)6-7-13/h3-5,8-9H,6-7H2,1-2H3,(H,14,15). The second kappa shape index (κ2) is 5.91. The van der Waals surface area contributed by atoms with Gasteiger partial charge in [-0.15, -0.1) is 0 Å². The first-order valence-electron chi connectivity index (χ1n) is 5.09. The number of amides is 1. The van der Waals surface area contributed by atoms with Crippen molar-refractivity contribution in [2.24, 2.45) is 0 Å². The van der Waals surface area contributed by atoms with Crippen LogP contribution < -0.4 is 5.32 Å². The van der Waals surface area contributed by atoms with E-state index in [1.54, 1.807) is 0 Å². The summed E-state index contributed by atoms with van der Waals surface area (Å²) in [5, 5.41) is 3.57. The first-order valence-corrected chi connectivity index (χ1v) is 6.21. The molecule has 0 unspecified atom stereocenters. The van der Waals surface area contributed by atoms with Gasteiger partial charge in [-0.25, -0.2) is 0 Å². The van der Waals surface area contributed by atoms with Crippen molar-refractivity contribution in [2.45, 2.75) is 26.2 Å². The van der Waals surface area contributed by atoms with Gasteiger partial charge in [-0.05, 0) is 23.6 Å². The van der Waals surface area contributed by atoms with Crippen molar-refractivity contribution in [3.63, 3.8) is 0 Å². The van der Waals surface area contributed by atoms with Crippen molar-refractivity contribution < 1.29 is 4.79 Å². The minimum Gasteiger partial charge on any atom is -0.326 e. The summed E-state index contributed by atoms with van der Waals surface area (Å²) in [6.07, 6.45) is 0.506. The topological polar surface area (TPSA) is 29.1 Å². The molecular formula is C12H16BrNO. The van der Waals surface area contributed by atoms with Gasteiger partial charge in [0.2, 0.25) is 5.91 Å². The van der Waals surface area contributed by atoms with Gasteiger partial charge in [-0.3, -0.25) is 4.79 Å². The average Bonchev–Trinajstić information content (AvgIpc) is 2.18. The Morgan fingerprint density at radius 1 is 1.47 bits per heavy atom. The molecule has 0 spiro atoms. The lowest BCUT2D eigenvalue weighted by atomic mass is 10.0. The lowest BCUT2D eigenvalue weighted by Gasteiger charge is -2.08. The normalized spacial score (nSPS) is 10.4. The summed E-state index contributed by atoms with van der Waals surface area (Å²) >= 11 is 3.24. The summed E-state index contributed by atoms with van der Waals surface area (Å²) in [5.74, 6) is 0.533. The zero-order valence-corrected chi connectivity index (χ0v) is 10.7. The Hall–Kier alpha value is -0.830. The highest BCUT2D eigenvalue weighted by Gasteiger charge is 2.03. The van der Waals surface area contributed by atoms with E-state index in [2.05, 4.69) is 41.2 Å². The minimum absolute atomic E-state index is 0.0489. The number of rotatable bonds is 4. The molecule has 0 saturated heterocycles. The van der Waals surface area contributed by atoms with Gasteiger partial charge in [0, 0.05) is 17.4 Å². The van der Waals surface area contributed by atoms with E-state index < -0.39 is 0 Å². The van der Waals surface area contributed by atoms with E-state index in [1.165, 1.54) is 5.56 Å². The van der Waals surface area contributed by atoms with Crippen molar-refractivity contribution in [2.75, 3.05) is 10.6 Å². The fourth-order valence-corrected chi connectivity index (χ4v) is 1.64. The average molecular weight is 270 g/mol. The summed E-state index contributed by atoms with van der Waals surface area (Å²) < 4.78 is 0. The van der Waals surface area contributed by atoms with Crippen LogP contribution in [0.2, 0.25) is 0 Å². The molecule has 0 fully saturated rings. The molecule has 15 heavy (non-hydrogen) atoms. The van der Waals surface area contributed by atoms with E-state index in [1.807, 2.05) is 18.2 Å². The van der Waals surface area contributed by atoms with E-state index in [4.69, 9.17) is 0 Å². The van der Waals surface area contributed by atoms with Crippen LogP contribution in [0.5, 0.6) is 0 Å². The maximum Gasteiger partial charge on any atom is 0.225 e. The molecule has 0 aliphatic carbocycles. The van der Waals surface area contributed by atoms with Gasteiger partial charge in [0.1, 0.15) is 0 Å². The number of carbonyl (C=O) groups is 1. The maximum absolute atomic E-state index is 11.4. The summed E-state index contributed by atoms with van der Waals surface area (Å²) in [4.78, 5) is 11.4. The first-order chi connectivity index (χ1) is 7.13. The van der Waals surface area contributed by atoms with Crippen molar-refractivity contribution in [3.05, 3.63) is 29.8 Å².